The van der Waals surface area contributed by atoms with E-state index < -0.39 is 5.79 Å². The minimum atomic E-state index is -0.435. The number of benzene rings is 2. The van der Waals surface area contributed by atoms with Crippen LogP contribution in [0.3, 0.4) is 0 Å². The van der Waals surface area contributed by atoms with Gasteiger partial charge in [0, 0.05) is 50.1 Å². The highest BCUT2D eigenvalue weighted by molar-refractivity contribution is 6.28. The first-order chi connectivity index (χ1) is 16.6. The summed E-state index contributed by atoms with van der Waals surface area (Å²) in [6, 6.07) is 9.93. The lowest BCUT2D eigenvalue weighted by Crippen LogP contribution is -2.45. The maximum atomic E-state index is 13.9. The summed E-state index contributed by atoms with van der Waals surface area (Å²) in [7, 11) is 0. The number of piperidine rings is 2. The molecule has 1 atom stereocenters. The van der Waals surface area contributed by atoms with Crippen LogP contribution in [-0.4, -0.2) is 56.1 Å². The van der Waals surface area contributed by atoms with E-state index in [1.807, 2.05) is 24.3 Å². The molecule has 34 heavy (non-hydrogen) atoms. The number of aromatic nitrogens is 1. The number of hydrogen-bond donors (Lipinski definition) is 0. The Bertz CT molecular complexity index is 1280. The van der Waals surface area contributed by atoms with E-state index in [9.17, 15) is 4.79 Å². The molecule has 7 rings (SSSR count). The molecule has 0 N–H and O–H groups in total. The van der Waals surface area contributed by atoms with Crippen LogP contribution in [0.25, 0.3) is 22.2 Å². The Hall–Kier alpha value is -2.90. The van der Waals surface area contributed by atoms with Gasteiger partial charge in [0.1, 0.15) is 5.52 Å². The second kappa shape index (κ2) is 7.55. The van der Waals surface area contributed by atoms with Crippen molar-refractivity contribution in [3.8, 4) is 11.3 Å². The first kappa shape index (κ1) is 20.5. The molecule has 0 bridgehead atoms. The van der Waals surface area contributed by atoms with E-state index in [0.717, 1.165) is 78.8 Å². The van der Waals surface area contributed by atoms with Crippen molar-refractivity contribution >= 4 is 28.1 Å². The van der Waals surface area contributed by atoms with Crippen LogP contribution < -0.4 is 9.80 Å². The van der Waals surface area contributed by atoms with Crippen molar-refractivity contribution in [3.05, 3.63) is 41.5 Å². The maximum Gasteiger partial charge on any atom is 0.196 e. The highest BCUT2D eigenvalue weighted by atomic mass is 16.7. The van der Waals surface area contributed by atoms with E-state index in [1.54, 1.807) is 0 Å². The summed E-state index contributed by atoms with van der Waals surface area (Å²) in [6.07, 6.45) is 4.00. The summed E-state index contributed by atoms with van der Waals surface area (Å²) >= 11 is 0. The van der Waals surface area contributed by atoms with E-state index in [0.29, 0.717) is 30.5 Å². The third-order valence-corrected chi connectivity index (χ3v) is 8.03. The largest absolute Gasteiger partial charge is 0.371 e. The van der Waals surface area contributed by atoms with Gasteiger partial charge in [-0.3, -0.25) is 4.79 Å². The monoisotopic (exact) mass is 459 g/mol. The van der Waals surface area contributed by atoms with Gasteiger partial charge in [0.05, 0.1) is 35.5 Å². The van der Waals surface area contributed by atoms with Crippen molar-refractivity contribution in [2.75, 3.05) is 49.2 Å². The van der Waals surface area contributed by atoms with Gasteiger partial charge in [0.25, 0.3) is 0 Å². The van der Waals surface area contributed by atoms with Gasteiger partial charge in [-0.1, -0.05) is 36.3 Å². The number of rotatable bonds is 2. The van der Waals surface area contributed by atoms with Crippen molar-refractivity contribution in [2.24, 2.45) is 5.92 Å². The van der Waals surface area contributed by atoms with E-state index in [4.69, 9.17) is 14.0 Å². The van der Waals surface area contributed by atoms with Crippen LogP contribution in [0, 0.1) is 5.92 Å². The predicted octanol–water partition coefficient (Wildman–Crippen LogP) is 4.62. The van der Waals surface area contributed by atoms with Crippen molar-refractivity contribution in [1.82, 2.24) is 5.16 Å². The molecule has 3 aromatic rings. The number of carbonyl (C=O) groups is 1. The Labute approximate surface area is 198 Å². The average molecular weight is 460 g/mol. The molecule has 176 valence electrons. The van der Waals surface area contributed by atoms with E-state index in [1.165, 1.54) is 6.42 Å². The molecule has 1 unspecified atom stereocenters. The normalized spacial score (nSPS) is 23.7. The van der Waals surface area contributed by atoms with Crippen LogP contribution in [0.15, 0.2) is 34.9 Å². The lowest BCUT2D eigenvalue weighted by Gasteiger charge is -2.40. The molecule has 3 aliphatic heterocycles. The van der Waals surface area contributed by atoms with E-state index >= 15 is 0 Å². The summed E-state index contributed by atoms with van der Waals surface area (Å²) in [4.78, 5) is 18.6. The van der Waals surface area contributed by atoms with Crippen LogP contribution in [0.2, 0.25) is 0 Å². The number of carbonyl (C=O) groups excluding carboxylic acids is 1. The molecule has 0 amide bonds. The first-order valence-corrected chi connectivity index (χ1v) is 12.5. The van der Waals surface area contributed by atoms with Gasteiger partial charge >= 0.3 is 0 Å². The molecule has 3 saturated heterocycles. The number of ether oxygens (including phenoxy) is 2. The summed E-state index contributed by atoms with van der Waals surface area (Å²) in [5.74, 6) is 0.945. The van der Waals surface area contributed by atoms with E-state index in [-0.39, 0.29) is 5.78 Å². The molecule has 7 heteroatoms. The topological polar surface area (TPSA) is 68.0 Å². The van der Waals surface area contributed by atoms with Crippen molar-refractivity contribution < 1.29 is 18.8 Å². The van der Waals surface area contributed by atoms with Crippen molar-refractivity contribution in [3.63, 3.8) is 0 Å². The number of fused-ring (bicyclic) bond motifs is 2. The first-order valence-electron chi connectivity index (χ1n) is 12.5. The zero-order valence-corrected chi connectivity index (χ0v) is 19.5. The van der Waals surface area contributed by atoms with Crippen LogP contribution in [0.5, 0.6) is 0 Å². The second-order valence-corrected chi connectivity index (χ2v) is 10.2. The number of nitrogens with zero attached hydrogens (tertiary/aromatic N) is 3. The standard InChI is InChI=1S/C27H29N3O4/c1-17-5-4-10-30(16-17)20-15-21(29-11-8-27(9-12-29)32-13-14-33-27)24-23-22(20)25(31)18-6-2-3-7-19(18)26(23)34-28-24/h2-3,6-7,15,17H,4-5,8-14,16H2,1H3. The Balaban J connectivity index is 1.40. The molecule has 1 aromatic heterocycles. The van der Waals surface area contributed by atoms with Gasteiger partial charge < -0.3 is 23.8 Å². The molecule has 1 aliphatic carbocycles. The highest BCUT2D eigenvalue weighted by Gasteiger charge is 2.41. The number of hydrogen-bond acceptors (Lipinski definition) is 7. The molecule has 4 aliphatic rings. The predicted molar refractivity (Wildman–Crippen MR) is 130 cm³/mol. The summed E-state index contributed by atoms with van der Waals surface area (Å²) in [5, 5.41) is 5.40. The fraction of sp³-hybridized carbons (Fsp3) is 0.481. The smallest absolute Gasteiger partial charge is 0.196 e. The van der Waals surface area contributed by atoms with Gasteiger partial charge in [-0.15, -0.1) is 0 Å². The van der Waals surface area contributed by atoms with Crippen molar-refractivity contribution in [1.29, 1.82) is 0 Å². The summed E-state index contributed by atoms with van der Waals surface area (Å²) in [5.41, 5.74) is 5.13. The maximum absolute atomic E-state index is 13.9. The van der Waals surface area contributed by atoms with Gasteiger partial charge in [0.2, 0.25) is 0 Å². The van der Waals surface area contributed by atoms with Gasteiger partial charge in [-0.2, -0.15) is 0 Å². The highest BCUT2D eigenvalue weighted by Crippen LogP contribution is 2.48. The lowest BCUT2D eigenvalue weighted by molar-refractivity contribution is -0.169. The minimum Gasteiger partial charge on any atom is -0.371 e. The molecule has 1 spiro atoms. The Morgan fingerprint density at radius 3 is 2.53 bits per heavy atom. The Kier molecular flexibility index (Phi) is 4.55. The lowest BCUT2D eigenvalue weighted by atomic mass is 9.85. The summed E-state index contributed by atoms with van der Waals surface area (Å²) in [6.45, 7) is 7.19. The fourth-order valence-electron chi connectivity index (χ4n) is 6.30. The molecule has 0 radical (unpaired) electrons. The third kappa shape index (κ3) is 2.96. The van der Waals surface area contributed by atoms with Gasteiger partial charge in [-0.05, 0) is 24.8 Å². The molecular formula is C27H29N3O4. The SMILES string of the molecule is CC1CCCN(c2cc(N3CCC4(CC3)OCCO4)c3noc4c3c2C(=O)c2ccccc2-4)C1. The van der Waals surface area contributed by atoms with Gasteiger partial charge in [-0.25, -0.2) is 0 Å². The van der Waals surface area contributed by atoms with Crippen molar-refractivity contribution in [2.45, 2.75) is 38.4 Å². The average Bonchev–Trinajstić information content (AvgIpc) is 3.51. The second-order valence-electron chi connectivity index (χ2n) is 10.2. The molecule has 4 heterocycles. The number of ketones is 1. The van der Waals surface area contributed by atoms with Crippen LogP contribution >= 0.6 is 0 Å². The molecule has 7 nitrogen and oxygen atoms in total. The van der Waals surface area contributed by atoms with E-state index in [2.05, 4.69) is 27.9 Å². The third-order valence-electron chi connectivity index (χ3n) is 8.03. The molecular weight excluding hydrogens is 430 g/mol. The quantitative estimate of drug-likeness (QED) is 0.433. The van der Waals surface area contributed by atoms with Gasteiger partial charge in [0.15, 0.2) is 17.3 Å². The zero-order valence-electron chi connectivity index (χ0n) is 19.5. The Morgan fingerprint density at radius 1 is 1.00 bits per heavy atom. The Morgan fingerprint density at radius 2 is 1.76 bits per heavy atom. The molecule has 0 saturated carbocycles. The van der Waals surface area contributed by atoms with Crippen LogP contribution in [0.4, 0.5) is 11.4 Å². The van der Waals surface area contributed by atoms with Crippen LogP contribution in [-0.2, 0) is 9.47 Å². The fourth-order valence-corrected chi connectivity index (χ4v) is 6.30. The minimum absolute atomic E-state index is 0.0708. The summed E-state index contributed by atoms with van der Waals surface area (Å²) < 4.78 is 17.9. The zero-order chi connectivity index (χ0) is 22.9. The number of anilines is 2. The van der Waals surface area contributed by atoms with Crippen LogP contribution in [0.1, 0.15) is 48.5 Å². The molecule has 2 aromatic carbocycles. The molecule has 3 fully saturated rings.